The third-order valence-electron chi connectivity index (χ3n) is 3.30. The molecule has 0 bridgehead atoms. The maximum absolute atomic E-state index is 11.7. The second kappa shape index (κ2) is 11.3. The van der Waals surface area contributed by atoms with Crippen molar-refractivity contribution in [3.05, 3.63) is 29.8 Å². The molecule has 24 heavy (non-hydrogen) atoms. The van der Waals surface area contributed by atoms with Crippen molar-refractivity contribution in [3.63, 3.8) is 0 Å². The van der Waals surface area contributed by atoms with Crippen molar-refractivity contribution in [3.8, 4) is 5.75 Å². The predicted octanol–water partition coefficient (Wildman–Crippen LogP) is 0.855. The minimum absolute atomic E-state index is 0.00848. The summed E-state index contributed by atoms with van der Waals surface area (Å²) < 4.78 is 10.2. The van der Waals surface area contributed by atoms with E-state index in [0.29, 0.717) is 19.1 Å². The molecule has 1 amide bonds. The summed E-state index contributed by atoms with van der Waals surface area (Å²) in [5.41, 5.74) is 1.06. The number of hydrogen-bond acceptors (Lipinski definition) is 4. The fraction of sp³-hybridized carbons (Fsp3) is 0.529. The van der Waals surface area contributed by atoms with Crippen LogP contribution in [0.4, 0.5) is 0 Å². The number of aliphatic imine (C=N–C) groups is 1. The van der Waals surface area contributed by atoms with Crippen molar-refractivity contribution in [1.29, 1.82) is 0 Å². The van der Waals surface area contributed by atoms with Crippen LogP contribution in [0.2, 0.25) is 0 Å². The van der Waals surface area contributed by atoms with E-state index in [2.05, 4.69) is 15.6 Å². The summed E-state index contributed by atoms with van der Waals surface area (Å²) in [6.07, 6.45) is 0.862. The van der Waals surface area contributed by atoms with Gasteiger partial charge in [0.2, 0.25) is 5.91 Å². The first kappa shape index (κ1) is 19.8. The average Bonchev–Trinajstić information content (AvgIpc) is 2.60. The number of carbonyl (C=O) groups excluding carboxylic acids is 1. The monoisotopic (exact) mass is 336 g/mol. The van der Waals surface area contributed by atoms with Gasteiger partial charge >= 0.3 is 0 Å². The summed E-state index contributed by atoms with van der Waals surface area (Å²) in [7, 11) is 6.77. The van der Waals surface area contributed by atoms with E-state index in [1.165, 1.54) is 0 Å². The molecule has 0 aliphatic heterocycles. The second-order valence-electron chi connectivity index (χ2n) is 5.43. The highest BCUT2D eigenvalue weighted by molar-refractivity contribution is 5.86. The van der Waals surface area contributed by atoms with Gasteiger partial charge in [0.25, 0.3) is 0 Å². The molecule has 0 spiro atoms. The molecule has 7 nitrogen and oxygen atoms in total. The molecule has 0 aliphatic rings. The number of amides is 1. The number of carbonyl (C=O) groups is 1. The molecule has 134 valence electrons. The number of rotatable bonds is 9. The Balaban J connectivity index is 2.61. The number of methoxy groups -OCH3 is 2. The lowest BCUT2D eigenvalue weighted by atomic mass is 10.2. The molecule has 1 aromatic rings. The largest absolute Gasteiger partial charge is 0.497 e. The maximum atomic E-state index is 11.7. The summed E-state index contributed by atoms with van der Waals surface area (Å²) in [6.45, 7) is 2.11. The van der Waals surface area contributed by atoms with Crippen LogP contribution in [0.3, 0.4) is 0 Å². The van der Waals surface area contributed by atoms with Crippen LogP contribution in [-0.2, 0) is 16.1 Å². The standard InChI is InChI=1S/C17H28N4O3/c1-21(2)16(22)13-20-17(18-10-5-11-23-3)19-12-14-6-8-15(24-4)9-7-14/h6-9H,5,10-13H2,1-4H3,(H2,18,19,20). The molecule has 0 saturated carbocycles. The van der Waals surface area contributed by atoms with Crippen LogP contribution in [-0.4, -0.2) is 64.8 Å². The van der Waals surface area contributed by atoms with Crippen LogP contribution >= 0.6 is 0 Å². The fourth-order valence-corrected chi connectivity index (χ4v) is 1.82. The molecular weight excluding hydrogens is 308 g/mol. The number of ether oxygens (including phenoxy) is 2. The van der Waals surface area contributed by atoms with E-state index in [9.17, 15) is 4.79 Å². The van der Waals surface area contributed by atoms with E-state index >= 15 is 0 Å². The van der Waals surface area contributed by atoms with Gasteiger partial charge in [0, 0.05) is 34.4 Å². The second-order valence-corrected chi connectivity index (χ2v) is 5.43. The first-order chi connectivity index (χ1) is 11.6. The number of nitrogens with one attached hydrogen (secondary N) is 2. The molecule has 0 unspecified atom stereocenters. The predicted molar refractivity (Wildman–Crippen MR) is 95.3 cm³/mol. The van der Waals surface area contributed by atoms with Crippen LogP contribution in [0.15, 0.2) is 29.3 Å². The molecule has 0 radical (unpaired) electrons. The Bertz CT molecular complexity index is 515. The van der Waals surface area contributed by atoms with Gasteiger partial charge in [-0.3, -0.25) is 4.79 Å². The summed E-state index contributed by atoms with van der Waals surface area (Å²) >= 11 is 0. The molecule has 1 aromatic carbocycles. The highest BCUT2D eigenvalue weighted by Gasteiger charge is 2.05. The molecule has 0 aliphatic carbocycles. The van der Waals surface area contributed by atoms with Crippen LogP contribution in [0.25, 0.3) is 0 Å². The van der Waals surface area contributed by atoms with Crippen LogP contribution < -0.4 is 15.4 Å². The van der Waals surface area contributed by atoms with Crippen LogP contribution in [0.1, 0.15) is 12.0 Å². The fourth-order valence-electron chi connectivity index (χ4n) is 1.82. The van der Waals surface area contributed by atoms with E-state index in [1.807, 2.05) is 24.3 Å². The molecule has 1 rings (SSSR count). The number of nitrogens with zero attached hydrogens (tertiary/aromatic N) is 2. The van der Waals surface area contributed by atoms with Crippen molar-refractivity contribution in [2.45, 2.75) is 13.0 Å². The molecule has 7 heteroatoms. The van der Waals surface area contributed by atoms with Crippen molar-refractivity contribution >= 4 is 11.9 Å². The van der Waals surface area contributed by atoms with Gasteiger partial charge in [0.15, 0.2) is 5.96 Å². The quantitative estimate of drug-likeness (QED) is 0.397. The Morgan fingerprint density at radius 1 is 1.17 bits per heavy atom. The molecule has 0 saturated heterocycles. The molecular formula is C17H28N4O3. The molecule has 0 heterocycles. The van der Waals surface area contributed by atoms with Crippen molar-refractivity contribution in [1.82, 2.24) is 15.5 Å². The highest BCUT2D eigenvalue weighted by Crippen LogP contribution is 2.11. The lowest BCUT2D eigenvalue weighted by molar-refractivity contribution is -0.127. The van der Waals surface area contributed by atoms with Crippen molar-refractivity contribution < 1.29 is 14.3 Å². The smallest absolute Gasteiger partial charge is 0.241 e. The topological polar surface area (TPSA) is 75.2 Å². The zero-order chi connectivity index (χ0) is 17.8. The van der Waals surface area contributed by atoms with E-state index in [0.717, 1.165) is 24.3 Å². The third kappa shape index (κ3) is 7.82. The van der Waals surface area contributed by atoms with Crippen molar-refractivity contribution in [2.24, 2.45) is 4.99 Å². The zero-order valence-corrected chi connectivity index (χ0v) is 15.0. The Hall–Kier alpha value is -2.28. The summed E-state index contributed by atoms with van der Waals surface area (Å²) in [5, 5.41) is 6.26. The number of benzene rings is 1. The van der Waals surface area contributed by atoms with E-state index in [-0.39, 0.29) is 12.5 Å². The first-order valence-electron chi connectivity index (χ1n) is 7.91. The summed E-state index contributed by atoms with van der Waals surface area (Å²) in [6, 6.07) is 7.74. The zero-order valence-electron chi connectivity index (χ0n) is 15.0. The average molecular weight is 336 g/mol. The van der Waals surface area contributed by atoms with Gasteiger partial charge < -0.3 is 25.0 Å². The Labute approximate surface area is 144 Å². The Morgan fingerprint density at radius 2 is 1.88 bits per heavy atom. The van der Waals surface area contributed by atoms with Crippen LogP contribution in [0, 0.1) is 0 Å². The summed E-state index contributed by atoms with van der Waals surface area (Å²) in [5.74, 6) is 1.42. The lowest BCUT2D eigenvalue weighted by Crippen LogP contribution is -2.43. The maximum Gasteiger partial charge on any atom is 0.241 e. The van der Waals surface area contributed by atoms with Gasteiger partial charge in [-0.1, -0.05) is 12.1 Å². The van der Waals surface area contributed by atoms with Gasteiger partial charge in [-0.15, -0.1) is 0 Å². The molecule has 0 atom stereocenters. The Morgan fingerprint density at radius 3 is 2.46 bits per heavy atom. The minimum Gasteiger partial charge on any atom is -0.497 e. The van der Waals surface area contributed by atoms with Gasteiger partial charge in [-0.25, -0.2) is 4.99 Å². The van der Waals surface area contributed by atoms with E-state index in [1.54, 1.807) is 33.2 Å². The number of hydrogen-bond donors (Lipinski definition) is 2. The Kier molecular flexibility index (Phi) is 9.29. The van der Waals surface area contributed by atoms with Gasteiger partial charge in [0.05, 0.1) is 20.2 Å². The van der Waals surface area contributed by atoms with E-state index in [4.69, 9.17) is 9.47 Å². The van der Waals surface area contributed by atoms with Gasteiger partial charge in [0.1, 0.15) is 5.75 Å². The highest BCUT2D eigenvalue weighted by atomic mass is 16.5. The minimum atomic E-state index is -0.00848. The normalized spacial score (nSPS) is 11.1. The number of likely N-dealkylation sites (N-methyl/N-ethyl adjacent to an activating group) is 1. The molecule has 0 fully saturated rings. The van der Waals surface area contributed by atoms with E-state index < -0.39 is 0 Å². The molecule has 2 N–H and O–H groups in total. The SMILES string of the molecule is COCCCNC(=NCc1ccc(OC)cc1)NCC(=O)N(C)C. The van der Waals surface area contributed by atoms with Gasteiger partial charge in [-0.2, -0.15) is 0 Å². The lowest BCUT2D eigenvalue weighted by Gasteiger charge is -2.15. The van der Waals surface area contributed by atoms with Gasteiger partial charge in [-0.05, 0) is 24.1 Å². The summed E-state index contributed by atoms with van der Waals surface area (Å²) in [4.78, 5) is 17.8. The number of guanidine groups is 1. The van der Waals surface area contributed by atoms with Crippen LogP contribution in [0.5, 0.6) is 5.75 Å². The molecule has 0 aromatic heterocycles. The van der Waals surface area contributed by atoms with Crippen molar-refractivity contribution in [2.75, 3.05) is 48.0 Å². The first-order valence-corrected chi connectivity index (χ1v) is 7.91. The third-order valence-corrected chi connectivity index (χ3v) is 3.30.